The molecule has 200 valence electrons. The molecule has 1 aliphatic rings. The van der Waals surface area contributed by atoms with E-state index in [4.69, 9.17) is 23.7 Å². The highest BCUT2D eigenvalue weighted by atomic mass is 19.4. The van der Waals surface area contributed by atoms with Crippen molar-refractivity contribution in [2.24, 2.45) is 0 Å². The Bertz CT molecular complexity index is 774. The molecule has 1 rings (SSSR count). The highest BCUT2D eigenvalue weighted by Gasteiger charge is 2.53. The lowest BCUT2D eigenvalue weighted by atomic mass is 9.96. The van der Waals surface area contributed by atoms with Crippen LogP contribution in [0.3, 0.4) is 0 Å². The van der Waals surface area contributed by atoms with Crippen LogP contribution in [-0.4, -0.2) is 86.9 Å². The maximum atomic E-state index is 13.0. The minimum atomic E-state index is -5.31. The van der Waals surface area contributed by atoms with E-state index in [0.717, 1.165) is 20.8 Å². The van der Waals surface area contributed by atoms with Gasteiger partial charge in [-0.3, -0.25) is 24.0 Å². The molecule has 0 aromatic heterocycles. The van der Waals surface area contributed by atoms with Gasteiger partial charge in [0, 0.05) is 33.8 Å². The van der Waals surface area contributed by atoms with Gasteiger partial charge in [-0.1, -0.05) is 0 Å². The summed E-state index contributed by atoms with van der Waals surface area (Å²) in [6.07, 6.45) is -10.9. The van der Waals surface area contributed by atoms with Gasteiger partial charge in [-0.05, 0) is 12.8 Å². The zero-order valence-corrected chi connectivity index (χ0v) is 19.5. The molecule has 0 saturated carbocycles. The lowest BCUT2D eigenvalue weighted by molar-refractivity contribution is -0.279. The smallest absolute Gasteiger partial charge is 0.469 e. The van der Waals surface area contributed by atoms with E-state index in [9.17, 15) is 37.1 Å². The zero-order valence-electron chi connectivity index (χ0n) is 19.5. The van der Waals surface area contributed by atoms with E-state index in [1.165, 1.54) is 7.11 Å². The van der Waals surface area contributed by atoms with Gasteiger partial charge in [0.15, 0.2) is 18.5 Å². The van der Waals surface area contributed by atoms with Crippen LogP contribution in [0.4, 0.5) is 13.2 Å². The number of halogens is 3. The Kier molecular flexibility index (Phi) is 11.9. The third-order valence-electron chi connectivity index (χ3n) is 4.54. The first kappa shape index (κ1) is 30.1. The standard InChI is InChI=1S/C20H28F3NO11/c1-10(25)32-9-13-16(33-11(2)26)17(34-12(3)27)15(24-19(29)20(21,22)23)18(35-13)31-8-6-5-7-14(28)30-4/h13,15-18H,5-9H2,1-4H3,(H,24,29)/t13?,15?,16-,17+,18-/m0/s1. The Hall–Kier alpha value is -2.94. The number of carbonyl (C=O) groups excluding carboxylic acids is 5. The summed E-state index contributed by atoms with van der Waals surface area (Å²) in [5.74, 6) is -5.49. The molecule has 1 N–H and O–H groups in total. The molecule has 1 aliphatic heterocycles. The quantitative estimate of drug-likeness (QED) is 0.233. The van der Waals surface area contributed by atoms with Gasteiger partial charge >= 0.3 is 36.0 Å². The van der Waals surface area contributed by atoms with Crippen molar-refractivity contribution in [1.29, 1.82) is 0 Å². The van der Waals surface area contributed by atoms with E-state index in [1.54, 1.807) is 5.32 Å². The fourth-order valence-electron chi connectivity index (χ4n) is 3.10. The molecule has 0 aromatic carbocycles. The summed E-state index contributed by atoms with van der Waals surface area (Å²) in [5, 5.41) is 1.66. The van der Waals surface area contributed by atoms with Gasteiger partial charge in [0.2, 0.25) is 0 Å². The van der Waals surface area contributed by atoms with Crippen LogP contribution in [0.25, 0.3) is 0 Å². The van der Waals surface area contributed by atoms with E-state index in [1.807, 2.05) is 0 Å². The number of ether oxygens (including phenoxy) is 6. The summed E-state index contributed by atoms with van der Waals surface area (Å²) in [5.41, 5.74) is 0. The number of amides is 1. The molecule has 0 bridgehead atoms. The van der Waals surface area contributed by atoms with Crippen LogP contribution >= 0.6 is 0 Å². The molecule has 1 fully saturated rings. The summed E-state index contributed by atoms with van der Waals surface area (Å²) >= 11 is 0. The summed E-state index contributed by atoms with van der Waals surface area (Å²) in [4.78, 5) is 57.6. The second-order valence-corrected chi connectivity index (χ2v) is 7.39. The molecule has 15 heteroatoms. The number of rotatable bonds is 11. The molecule has 35 heavy (non-hydrogen) atoms. The van der Waals surface area contributed by atoms with E-state index < -0.39 is 73.2 Å². The SMILES string of the molecule is COC(=O)CCCCO[C@H]1OC(COC(C)=O)[C@H](OC(C)=O)[C@H](OC(C)=O)C1NC(=O)C(F)(F)F. The van der Waals surface area contributed by atoms with Gasteiger partial charge in [-0.25, -0.2) is 0 Å². The summed E-state index contributed by atoms with van der Waals surface area (Å²) in [6, 6.07) is -1.77. The fraction of sp³-hybridized carbons (Fsp3) is 0.750. The molecule has 12 nitrogen and oxygen atoms in total. The van der Waals surface area contributed by atoms with Crippen molar-refractivity contribution in [1.82, 2.24) is 5.32 Å². The largest absolute Gasteiger partial charge is 0.471 e. The summed E-state index contributed by atoms with van der Waals surface area (Å²) in [6.45, 7) is 2.33. The number of carbonyl (C=O) groups is 5. The second kappa shape index (κ2) is 13.8. The maximum Gasteiger partial charge on any atom is 0.471 e. The lowest BCUT2D eigenvalue weighted by Crippen LogP contribution is -2.67. The highest BCUT2D eigenvalue weighted by molar-refractivity contribution is 5.82. The van der Waals surface area contributed by atoms with Gasteiger partial charge in [0.25, 0.3) is 0 Å². The Morgan fingerprint density at radius 1 is 0.914 bits per heavy atom. The molecule has 1 heterocycles. The number of unbranched alkanes of at least 4 members (excludes halogenated alkanes) is 1. The average molecular weight is 515 g/mol. The van der Waals surface area contributed by atoms with Crippen LogP contribution in [0.15, 0.2) is 0 Å². The maximum absolute atomic E-state index is 13.0. The first-order valence-electron chi connectivity index (χ1n) is 10.5. The van der Waals surface area contributed by atoms with Crippen molar-refractivity contribution in [3.05, 3.63) is 0 Å². The van der Waals surface area contributed by atoms with Crippen molar-refractivity contribution in [2.75, 3.05) is 20.3 Å². The number of esters is 4. The van der Waals surface area contributed by atoms with E-state index in [2.05, 4.69) is 4.74 Å². The third-order valence-corrected chi connectivity index (χ3v) is 4.54. The van der Waals surface area contributed by atoms with Crippen molar-refractivity contribution in [3.8, 4) is 0 Å². The minimum absolute atomic E-state index is 0.0549. The van der Waals surface area contributed by atoms with Crippen LogP contribution in [0.2, 0.25) is 0 Å². The Morgan fingerprint density at radius 3 is 2.03 bits per heavy atom. The zero-order chi connectivity index (χ0) is 26.8. The van der Waals surface area contributed by atoms with E-state index in [0.29, 0.717) is 6.42 Å². The molecule has 0 radical (unpaired) electrons. The molecule has 1 amide bonds. The summed E-state index contributed by atoms with van der Waals surface area (Å²) in [7, 11) is 1.21. The Balaban J connectivity index is 3.23. The van der Waals surface area contributed by atoms with E-state index >= 15 is 0 Å². The predicted octanol–water partition coefficient (Wildman–Crippen LogP) is 0.545. The highest BCUT2D eigenvalue weighted by Crippen LogP contribution is 2.29. The average Bonchev–Trinajstić information content (AvgIpc) is 2.74. The van der Waals surface area contributed by atoms with Gasteiger partial charge in [-0.15, -0.1) is 0 Å². The van der Waals surface area contributed by atoms with Crippen molar-refractivity contribution < 1.29 is 65.6 Å². The topological polar surface area (TPSA) is 153 Å². The van der Waals surface area contributed by atoms with Gasteiger partial charge in [0.05, 0.1) is 7.11 Å². The molecule has 0 aliphatic carbocycles. The second-order valence-electron chi connectivity index (χ2n) is 7.39. The minimum Gasteiger partial charge on any atom is -0.469 e. The molecular weight excluding hydrogens is 487 g/mol. The van der Waals surface area contributed by atoms with Crippen LogP contribution < -0.4 is 5.32 Å². The normalized spacial score (nSPS) is 24.1. The van der Waals surface area contributed by atoms with Crippen molar-refractivity contribution >= 4 is 29.8 Å². The van der Waals surface area contributed by atoms with Gasteiger partial charge in [0.1, 0.15) is 18.8 Å². The Morgan fingerprint density at radius 2 is 1.51 bits per heavy atom. The molecule has 1 saturated heterocycles. The van der Waals surface area contributed by atoms with Crippen molar-refractivity contribution in [3.63, 3.8) is 0 Å². The number of methoxy groups -OCH3 is 1. The molecule has 5 atom stereocenters. The predicted molar refractivity (Wildman–Crippen MR) is 106 cm³/mol. The number of hydrogen-bond acceptors (Lipinski definition) is 11. The fourth-order valence-corrected chi connectivity index (χ4v) is 3.10. The number of nitrogens with one attached hydrogen (secondary N) is 1. The van der Waals surface area contributed by atoms with Crippen LogP contribution in [0.1, 0.15) is 40.0 Å². The Labute approximate surface area is 198 Å². The number of hydrogen-bond donors (Lipinski definition) is 1. The third kappa shape index (κ3) is 10.5. The van der Waals surface area contributed by atoms with Crippen LogP contribution in [0, 0.1) is 0 Å². The monoisotopic (exact) mass is 515 g/mol. The van der Waals surface area contributed by atoms with Gasteiger partial charge < -0.3 is 33.7 Å². The first-order chi connectivity index (χ1) is 16.3. The van der Waals surface area contributed by atoms with Crippen LogP contribution in [-0.2, 0) is 52.4 Å². The molecule has 0 aromatic rings. The molecule has 2 unspecified atom stereocenters. The molecule has 0 spiro atoms. The first-order valence-corrected chi connectivity index (χ1v) is 10.5. The van der Waals surface area contributed by atoms with Crippen LogP contribution in [0.5, 0.6) is 0 Å². The summed E-state index contributed by atoms with van der Waals surface area (Å²) < 4.78 is 69.7. The van der Waals surface area contributed by atoms with E-state index in [-0.39, 0.29) is 19.4 Å². The molecular formula is C20H28F3NO11. The number of alkyl halides is 3. The van der Waals surface area contributed by atoms with Gasteiger partial charge in [-0.2, -0.15) is 13.2 Å². The lowest BCUT2D eigenvalue weighted by Gasteiger charge is -2.45. The van der Waals surface area contributed by atoms with Crippen molar-refractivity contribution in [2.45, 2.75) is 76.9 Å².